The monoisotopic (exact) mass is 285 g/mol. The van der Waals surface area contributed by atoms with Gasteiger partial charge in [-0.2, -0.15) is 0 Å². The van der Waals surface area contributed by atoms with Crippen molar-refractivity contribution >= 4 is 5.69 Å². The lowest BCUT2D eigenvalue weighted by atomic mass is 9.91. The average molecular weight is 285 g/mol. The number of nitrogens with zero attached hydrogens (tertiary/aromatic N) is 2. The standard InChI is InChI=1S/C18H27N3/c1-13-10-18(15(11-19-13)12-20-16-7-8-16)21-9-3-5-14-4-2-6-17(14)21/h10-11,14,16-17,20H,2-9,12H2,1H3. The maximum absolute atomic E-state index is 4.55. The Balaban J connectivity index is 1.60. The van der Waals surface area contributed by atoms with Crippen LogP contribution >= 0.6 is 0 Å². The number of piperidine rings is 1. The van der Waals surface area contributed by atoms with Gasteiger partial charge in [0.25, 0.3) is 0 Å². The van der Waals surface area contributed by atoms with E-state index in [1.54, 1.807) is 0 Å². The molecular formula is C18H27N3. The zero-order valence-electron chi connectivity index (χ0n) is 13.1. The highest BCUT2D eigenvalue weighted by Crippen LogP contribution is 2.40. The Morgan fingerprint density at radius 1 is 1.19 bits per heavy atom. The van der Waals surface area contributed by atoms with Gasteiger partial charge in [-0.25, -0.2) is 0 Å². The Morgan fingerprint density at radius 2 is 2.05 bits per heavy atom. The first-order chi connectivity index (χ1) is 10.3. The third kappa shape index (κ3) is 2.80. The second-order valence-electron chi connectivity index (χ2n) is 7.20. The molecule has 3 nitrogen and oxygen atoms in total. The van der Waals surface area contributed by atoms with E-state index in [0.717, 1.165) is 30.2 Å². The average Bonchev–Trinajstić information content (AvgIpc) is 3.20. The van der Waals surface area contributed by atoms with Crippen LogP contribution in [-0.4, -0.2) is 23.6 Å². The summed E-state index contributed by atoms with van der Waals surface area (Å²) >= 11 is 0. The minimum absolute atomic E-state index is 0.764. The van der Waals surface area contributed by atoms with Crippen LogP contribution in [0.1, 0.15) is 56.2 Å². The van der Waals surface area contributed by atoms with Crippen molar-refractivity contribution in [2.45, 2.75) is 70.5 Å². The van der Waals surface area contributed by atoms with Crippen LogP contribution in [0.3, 0.4) is 0 Å². The van der Waals surface area contributed by atoms with Crippen molar-refractivity contribution in [2.75, 3.05) is 11.4 Å². The number of aryl methyl sites for hydroxylation is 1. The van der Waals surface area contributed by atoms with Crippen molar-refractivity contribution in [3.8, 4) is 0 Å². The predicted octanol–water partition coefficient (Wildman–Crippen LogP) is 3.41. The molecule has 0 radical (unpaired) electrons. The van der Waals surface area contributed by atoms with Gasteiger partial charge in [0.1, 0.15) is 0 Å². The van der Waals surface area contributed by atoms with Crippen LogP contribution in [0.4, 0.5) is 5.69 Å². The lowest BCUT2D eigenvalue weighted by molar-refractivity contribution is 0.361. The fraction of sp³-hybridized carbons (Fsp3) is 0.722. The highest BCUT2D eigenvalue weighted by molar-refractivity contribution is 5.55. The molecule has 2 atom stereocenters. The zero-order valence-corrected chi connectivity index (χ0v) is 13.1. The molecule has 21 heavy (non-hydrogen) atoms. The Labute approximate surface area is 128 Å². The minimum atomic E-state index is 0.764. The maximum Gasteiger partial charge on any atom is 0.0448 e. The minimum Gasteiger partial charge on any atom is -0.368 e. The second kappa shape index (κ2) is 5.60. The van der Waals surface area contributed by atoms with Gasteiger partial charge >= 0.3 is 0 Å². The van der Waals surface area contributed by atoms with Gasteiger partial charge < -0.3 is 10.2 Å². The molecule has 4 rings (SSSR count). The van der Waals surface area contributed by atoms with E-state index < -0.39 is 0 Å². The normalized spacial score (nSPS) is 28.7. The number of hydrogen-bond acceptors (Lipinski definition) is 3. The summed E-state index contributed by atoms with van der Waals surface area (Å²) in [5.74, 6) is 0.941. The van der Waals surface area contributed by atoms with Crippen LogP contribution in [0.2, 0.25) is 0 Å². The number of fused-ring (bicyclic) bond motifs is 1. The summed E-state index contributed by atoms with van der Waals surface area (Å²) in [6.45, 7) is 4.35. The molecule has 0 amide bonds. The van der Waals surface area contributed by atoms with E-state index in [1.807, 2.05) is 0 Å². The van der Waals surface area contributed by atoms with Gasteiger partial charge in [-0.05, 0) is 57.4 Å². The topological polar surface area (TPSA) is 28.2 Å². The quantitative estimate of drug-likeness (QED) is 0.919. The SMILES string of the molecule is Cc1cc(N2CCCC3CCCC32)c(CNC2CC2)cn1. The van der Waals surface area contributed by atoms with Gasteiger partial charge in [-0.15, -0.1) is 0 Å². The molecule has 2 saturated carbocycles. The lowest BCUT2D eigenvalue weighted by Crippen LogP contribution is -2.43. The van der Waals surface area contributed by atoms with E-state index in [2.05, 4.69) is 34.4 Å². The van der Waals surface area contributed by atoms with E-state index in [1.165, 1.54) is 62.7 Å². The number of hydrogen-bond donors (Lipinski definition) is 1. The molecule has 1 saturated heterocycles. The Kier molecular flexibility index (Phi) is 3.62. The van der Waals surface area contributed by atoms with Crippen molar-refractivity contribution in [1.29, 1.82) is 0 Å². The summed E-state index contributed by atoms with van der Waals surface area (Å²) in [5, 5.41) is 3.66. The molecule has 1 aromatic heterocycles. The van der Waals surface area contributed by atoms with Crippen LogP contribution in [0.25, 0.3) is 0 Å². The van der Waals surface area contributed by atoms with Gasteiger partial charge in [-0.1, -0.05) is 6.42 Å². The van der Waals surface area contributed by atoms with Crippen molar-refractivity contribution in [3.05, 3.63) is 23.5 Å². The van der Waals surface area contributed by atoms with Gasteiger partial charge in [-0.3, -0.25) is 4.98 Å². The van der Waals surface area contributed by atoms with Crippen molar-refractivity contribution in [1.82, 2.24) is 10.3 Å². The van der Waals surface area contributed by atoms with Crippen LogP contribution in [0.5, 0.6) is 0 Å². The van der Waals surface area contributed by atoms with Crippen molar-refractivity contribution in [2.24, 2.45) is 5.92 Å². The van der Waals surface area contributed by atoms with E-state index in [9.17, 15) is 0 Å². The van der Waals surface area contributed by atoms with Crippen LogP contribution in [0, 0.1) is 12.8 Å². The number of aromatic nitrogens is 1. The van der Waals surface area contributed by atoms with E-state index in [4.69, 9.17) is 0 Å². The third-order valence-corrected chi connectivity index (χ3v) is 5.56. The molecule has 1 aromatic rings. The zero-order chi connectivity index (χ0) is 14.2. The molecule has 3 fully saturated rings. The van der Waals surface area contributed by atoms with E-state index in [0.29, 0.717) is 0 Å². The number of anilines is 1. The lowest BCUT2D eigenvalue weighted by Gasteiger charge is -2.40. The molecule has 0 bridgehead atoms. The van der Waals surface area contributed by atoms with Gasteiger partial charge in [0.15, 0.2) is 0 Å². The fourth-order valence-electron chi connectivity index (χ4n) is 4.27. The first-order valence-corrected chi connectivity index (χ1v) is 8.77. The third-order valence-electron chi connectivity index (χ3n) is 5.56. The number of pyridine rings is 1. The Hall–Kier alpha value is -1.09. The molecule has 2 unspecified atom stereocenters. The molecule has 2 aliphatic carbocycles. The van der Waals surface area contributed by atoms with Crippen LogP contribution in [-0.2, 0) is 6.54 Å². The Bertz CT molecular complexity index is 509. The van der Waals surface area contributed by atoms with Crippen LogP contribution in [0.15, 0.2) is 12.3 Å². The summed E-state index contributed by atoms with van der Waals surface area (Å²) in [5.41, 5.74) is 4.02. The van der Waals surface area contributed by atoms with Gasteiger partial charge in [0, 0.05) is 48.3 Å². The first-order valence-electron chi connectivity index (χ1n) is 8.77. The van der Waals surface area contributed by atoms with Gasteiger partial charge in [0.05, 0.1) is 0 Å². The summed E-state index contributed by atoms with van der Waals surface area (Å²) in [6.07, 6.45) is 11.9. The molecule has 3 aliphatic rings. The predicted molar refractivity (Wildman–Crippen MR) is 86.5 cm³/mol. The summed E-state index contributed by atoms with van der Waals surface area (Å²) in [4.78, 5) is 7.27. The number of rotatable bonds is 4. The van der Waals surface area contributed by atoms with E-state index in [-0.39, 0.29) is 0 Å². The molecule has 2 heterocycles. The summed E-state index contributed by atoms with van der Waals surface area (Å²) in [6, 6.07) is 3.88. The smallest absolute Gasteiger partial charge is 0.0448 e. The van der Waals surface area contributed by atoms with Gasteiger partial charge in [0.2, 0.25) is 0 Å². The molecule has 1 aliphatic heterocycles. The summed E-state index contributed by atoms with van der Waals surface area (Å²) in [7, 11) is 0. The molecule has 0 spiro atoms. The van der Waals surface area contributed by atoms with E-state index >= 15 is 0 Å². The second-order valence-corrected chi connectivity index (χ2v) is 7.20. The van der Waals surface area contributed by atoms with Crippen molar-refractivity contribution < 1.29 is 0 Å². The molecule has 3 heteroatoms. The Morgan fingerprint density at radius 3 is 2.90 bits per heavy atom. The summed E-state index contributed by atoms with van der Waals surface area (Å²) < 4.78 is 0. The molecule has 0 aromatic carbocycles. The van der Waals surface area contributed by atoms with Crippen LogP contribution < -0.4 is 10.2 Å². The highest BCUT2D eigenvalue weighted by Gasteiger charge is 2.35. The first kappa shape index (κ1) is 13.6. The highest BCUT2D eigenvalue weighted by atomic mass is 15.2. The fourth-order valence-corrected chi connectivity index (χ4v) is 4.27. The molecule has 114 valence electrons. The largest absolute Gasteiger partial charge is 0.368 e. The number of nitrogens with one attached hydrogen (secondary N) is 1. The molecule has 1 N–H and O–H groups in total. The maximum atomic E-state index is 4.55. The molecular weight excluding hydrogens is 258 g/mol. The van der Waals surface area contributed by atoms with Crippen molar-refractivity contribution in [3.63, 3.8) is 0 Å².